The van der Waals surface area contributed by atoms with Crippen molar-refractivity contribution in [1.82, 2.24) is 9.88 Å². The van der Waals surface area contributed by atoms with Crippen molar-refractivity contribution >= 4 is 45.5 Å². The molecule has 1 amide bonds. The number of nitrogens with zero attached hydrogens (tertiary/aromatic N) is 3. The van der Waals surface area contributed by atoms with Gasteiger partial charge in [-0.15, -0.1) is 0 Å². The number of amides is 1. The van der Waals surface area contributed by atoms with Gasteiger partial charge in [0.15, 0.2) is 5.88 Å². The number of aromatic nitrogens is 1. The van der Waals surface area contributed by atoms with Gasteiger partial charge in [-0.3, -0.25) is 9.69 Å². The maximum Gasteiger partial charge on any atom is 0.227 e. The standard InChI is InChI=1S/C30H29ClN4O2/c31-22-9-14-25-26(18-22)33-30(37)28(25)29(21-7-12-24(13-8-21)35-17-3-4-27(35)36)32-23-10-5-20(6-11-23)19-34-15-1-2-16-34/h5-14,18,33,37H,1-4,15-17,19H2. The fourth-order valence-corrected chi connectivity index (χ4v) is 5.56. The van der Waals surface area contributed by atoms with Gasteiger partial charge in [0.25, 0.3) is 0 Å². The highest BCUT2D eigenvalue weighted by molar-refractivity contribution is 6.31. The summed E-state index contributed by atoms with van der Waals surface area (Å²) in [6, 6.07) is 21.7. The Morgan fingerprint density at radius 3 is 2.41 bits per heavy atom. The fraction of sp³-hybridized carbons (Fsp3) is 0.267. The number of H-pyrrole nitrogens is 1. The van der Waals surface area contributed by atoms with Crippen molar-refractivity contribution in [2.75, 3.05) is 24.5 Å². The molecule has 0 unspecified atom stereocenters. The molecule has 4 aromatic rings. The highest BCUT2D eigenvalue weighted by Crippen LogP contribution is 2.33. The van der Waals surface area contributed by atoms with Gasteiger partial charge in [0.2, 0.25) is 5.91 Å². The van der Waals surface area contributed by atoms with Gasteiger partial charge in [-0.1, -0.05) is 41.9 Å². The van der Waals surface area contributed by atoms with Crippen LogP contribution in [0.15, 0.2) is 71.7 Å². The van der Waals surface area contributed by atoms with Crippen molar-refractivity contribution in [3.63, 3.8) is 0 Å². The average molecular weight is 513 g/mol. The van der Waals surface area contributed by atoms with E-state index in [1.54, 1.807) is 6.07 Å². The number of aromatic amines is 1. The first-order valence-electron chi connectivity index (χ1n) is 12.9. The Bertz CT molecular complexity index is 1470. The number of aromatic hydroxyl groups is 1. The van der Waals surface area contributed by atoms with E-state index in [1.165, 1.54) is 18.4 Å². The molecule has 2 saturated heterocycles. The normalized spacial score (nSPS) is 16.8. The molecule has 6 nitrogen and oxygen atoms in total. The smallest absolute Gasteiger partial charge is 0.227 e. The van der Waals surface area contributed by atoms with Crippen LogP contribution in [0.5, 0.6) is 5.88 Å². The number of anilines is 1. The van der Waals surface area contributed by atoms with Gasteiger partial charge >= 0.3 is 0 Å². The zero-order chi connectivity index (χ0) is 25.4. The molecule has 0 radical (unpaired) electrons. The number of nitrogens with one attached hydrogen (secondary N) is 1. The lowest BCUT2D eigenvalue weighted by Gasteiger charge is -2.16. The molecule has 2 aliphatic rings. The average Bonchev–Trinajstić information content (AvgIpc) is 3.64. The fourth-order valence-electron chi connectivity index (χ4n) is 5.38. The predicted octanol–water partition coefficient (Wildman–Crippen LogP) is 6.42. The highest BCUT2D eigenvalue weighted by atomic mass is 35.5. The minimum atomic E-state index is 0.0421. The van der Waals surface area contributed by atoms with Crippen molar-refractivity contribution < 1.29 is 9.90 Å². The maximum absolute atomic E-state index is 12.2. The van der Waals surface area contributed by atoms with Crippen LogP contribution in [0.2, 0.25) is 5.02 Å². The topological polar surface area (TPSA) is 71.9 Å². The molecule has 3 heterocycles. The van der Waals surface area contributed by atoms with E-state index >= 15 is 0 Å². The Labute approximate surface area is 221 Å². The Balaban J connectivity index is 1.40. The third-order valence-electron chi connectivity index (χ3n) is 7.29. The van der Waals surface area contributed by atoms with E-state index in [4.69, 9.17) is 16.6 Å². The molecule has 2 fully saturated rings. The SMILES string of the molecule is O=C1CCCN1c1ccc(C(=Nc2ccc(CN3CCCC3)cc2)c2c(O)[nH]c3cc(Cl)ccc23)cc1. The van der Waals surface area contributed by atoms with Gasteiger partial charge in [-0.05, 0) is 74.3 Å². The van der Waals surface area contributed by atoms with Crippen LogP contribution >= 0.6 is 11.6 Å². The molecule has 0 spiro atoms. The van der Waals surface area contributed by atoms with Crippen LogP contribution in [0.25, 0.3) is 10.9 Å². The number of fused-ring (bicyclic) bond motifs is 1. The number of likely N-dealkylation sites (tertiary alicyclic amines) is 1. The number of benzene rings is 3. The second-order valence-electron chi connectivity index (χ2n) is 9.84. The van der Waals surface area contributed by atoms with Crippen LogP contribution in [0.3, 0.4) is 0 Å². The predicted molar refractivity (Wildman–Crippen MR) is 149 cm³/mol. The zero-order valence-electron chi connectivity index (χ0n) is 20.6. The van der Waals surface area contributed by atoms with Crippen molar-refractivity contribution in [1.29, 1.82) is 0 Å². The van der Waals surface area contributed by atoms with Crippen LogP contribution in [-0.2, 0) is 11.3 Å². The second kappa shape index (κ2) is 10.0. The Kier molecular flexibility index (Phi) is 6.45. The molecule has 2 N–H and O–H groups in total. The third kappa shape index (κ3) is 4.87. The minimum Gasteiger partial charge on any atom is -0.494 e. The molecular weight excluding hydrogens is 484 g/mol. The first-order valence-corrected chi connectivity index (χ1v) is 13.2. The number of hydrogen-bond donors (Lipinski definition) is 2. The van der Waals surface area contributed by atoms with E-state index in [9.17, 15) is 9.90 Å². The number of carbonyl (C=O) groups excluding carboxylic acids is 1. The number of aliphatic imine (C=N–C) groups is 1. The lowest BCUT2D eigenvalue weighted by Crippen LogP contribution is -2.23. The Morgan fingerprint density at radius 1 is 0.946 bits per heavy atom. The van der Waals surface area contributed by atoms with Crippen molar-refractivity contribution in [2.45, 2.75) is 32.2 Å². The molecule has 0 aliphatic carbocycles. The molecule has 0 atom stereocenters. The van der Waals surface area contributed by atoms with Crippen LogP contribution in [-0.4, -0.2) is 46.2 Å². The number of carbonyl (C=O) groups is 1. The first-order chi connectivity index (χ1) is 18.0. The van der Waals surface area contributed by atoms with E-state index < -0.39 is 0 Å². The van der Waals surface area contributed by atoms with Gasteiger partial charge < -0.3 is 15.0 Å². The molecule has 37 heavy (non-hydrogen) atoms. The van der Waals surface area contributed by atoms with Gasteiger partial charge in [-0.25, -0.2) is 4.99 Å². The number of halogens is 1. The van der Waals surface area contributed by atoms with Crippen LogP contribution in [0.4, 0.5) is 11.4 Å². The van der Waals surface area contributed by atoms with E-state index in [-0.39, 0.29) is 11.8 Å². The molecule has 7 heteroatoms. The Morgan fingerprint density at radius 2 is 1.70 bits per heavy atom. The third-order valence-corrected chi connectivity index (χ3v) is 7.52. The molecular formula is C30H29ClN4O2. The molecule has 0 bridgehead atoms. The maximum atomic E-state index is 12.2. The summed E-state index contributed by atoms with van der Waals surface area (Å²) in [4.78, 5) is 24.6. The lowest BCUT2D eigenvalue weighted by molar-refractivity contribution is -0.117. The minimum absolute atomic E-state index is 0.0421. The van der Waals surface area contributed by atoms with E-state index in [2.05, 4.69) is 22.0 Å². The van der Waals surface area contributed by atoms with Gasteiger partial charge in [0, 0.05) is 41.2 Å². The quantitative estimate of drug-likeness (QED) is 0.293. The number of hydrogen-bond acceptors (Lipinski definition) is 4. The molecule has 2 aliphatic heterocycles. The summed E-state index contributed by atoms with van der Waals surface area (Å²) in [5.74, 6) is 0.197. The summed E-state index contributed by atoms with van der Waals surface area (Å²) < 4.78 is 0. The van der Waals surface area contributed by atoms with Crippen molar-refractivity contribution in [2.24, 2.45) is 4.99 Å². The molecule has 188 valence electrons. The number of rotatable bonds is 6. The monoisotopic (exact) mass is 512 g/mol. The molecule has 1 aromatic heterocycles. The summed E-state index contributed by atoms with van der Waals surface area (Å²) in [6.45, 7) is 4.02. The first kappa shape index (κ1) is 23.8. The van der Waals surface area contributed by atoms with Crippen LogP contribution < -0.4 is 4.90 Å². The molecule has 3 aromatic carbocycles. The summed E-state index contributed by atoms with van der Waals surface area (Å²) in [6.07, 6.45) is 4.02. The van der Waals surface area contributed by atoms with Crippen molar-refractivity contribution in [3.05, 3.63) is 88.4 Å². The van der Waals surface area contributed by atoms with E-state index in [0.29, 0.717) is 22.7 Å². The highest BCUT2D eigenvalue weighted by Gasteiger charge is 2.23. The van der Waals surface area contributed by atoms with E-state index in [0.717, 1.165) is 60.4 Å². The lowest BCUT2D eigenvalue weighted by atomic mass is 10.00. The Hall–Kier alpha value is -3.61. The second-order valence-corrected chi connectivity index (χ2v) is 10.3. The summed E-state index contributed by atoms with van der Waals surface area (Å²) >= 11 is 6.21. The summed E-state index contributed by atoms with van der Waals surface area (Å²) in [5.41, 5.74) is 5.83. The summed E-state index contributed by atoms with van der Waals surface area (Å²) in [5, 5.41) is 12.4. The van der Waals surface area contributed by atoms with Gasteiger partial charge in [0.1, 0.15) is 0 Å². The van der Waals surface area contributed by atoms with Gasteiger partial charge in [-0.2, -0.15) is 0 Å². The molecule has 0 saturated carbocycles. The van der Waals surface area contributed by atoms with E-state index in [1.807, 2.05) is 53.4 Å². The largest absolute Gasteiger partial charge is 0.494 e. The van der Waals surface area contributed by atoms with Crippen molar-refractivity contribution in [3.8, 4) is 5.88 Å². The van der Waals surface area contributed by atoms with Crippen LogP contribution in [0, 0.1) is 0 Å². The van der Waals surface area contributed by atoms with Crippen LogP contribution in [0.1, 0.15) is 42.4 Å². The van der Waals surface area contributed by atoms with Gasteiger partial charge in [0.05, 0.1) is 22.5 Å². The summed E-state index contributed by atoms with van der Waals surface area (Å²) in [7, 11) is 0. The zero-order valence-corrected chi connectivity index (χ0v) is 21.3. The molecule has 6 rings (SSSR count).